The molecule has 45 heavy (non-hydrogen) atoms. The molecule has 0 radical (unpaired) electrons. The summed E-state index contributed by atoms with van der Waals surface area (Å²) in [6, 6.07) is 5.91. The van der Waals surface area contributed by atoms with Crippen molar-refractivity contribution in [3.63, 3.8) is 0 Å². The van der Waals surface area contributed by atoms with E-state index in [1.165, 1.54) is 19.2 Å². The van der Waals surface area contributed by atoms with Gasteiger partial charge < -0.3 is 79.2 Å². The van der Waals surface area contributed by atoms with Crippen LogP contribution in [-0.4, -0.2) is 133 Å². The number of methoxy groups -OCH3 is 1. The molecule has 2 aliphatic rings. The Hall–Kier alpha value is -3.75. The number of fused-ring (bicyclic) bond motifs is 1. The molecule has 2 aromatic carbocycles. The van der Waals surface area contributed by atoms with Crippen molar-refractivity contribution >= 4 is 11.0 Å². The third-order valence-corrected chi connectivity index (χ3v) is 7.53. The fraction of sp³-hybridized carbons (Fsp3) is 0.464. The highest BCUT2D eigenvalue weighted by Crippen LogP contribution is 2.40. The van der Waals surface area contributed by atoms with Crippen LogP contribution >= 0.6 is 0 Å². The third-order valence-electron chi connectivity index (χ3n) is 7.53. The summed E-state index contributed by atoms with van der Waals surface area (Å²) in [5.41, 5.74) is -1.34. The number of hydrogen-bond acceptors (Lipinski definition) is 17. The van der Waals surface area contributed by atoms with Crippen molar-refractivity contribution in [1.82, 2.24) is 0 Å². The first-order valence-corrected chi connectivity index (χ1v) is 13.6. The van der Waals surface area contributed by atoms with Gasteiger partial charge in [-0.2, -0.15) is 0 Å². The quantitative estimate of drug-likeness (QED) is 0.119. The second kappa shape index (κ2) is 12.9. The lowest BCUT2D eigenvalue weighted by atomic mass is 9.99. The molecule has 17 heteroatoms. The van der Waals surface area contributed by atoms with E-state index in [0.29, 0.717) is 0 Å². The SMILES string of the molecule is COc1ccc(-c2oc3cc(OC4OC(CO)C(O)C(O)C4O)cc(O)c3c(=O)c2OC2OC(CO)C(O)C(O)C2O)cc1O. The van der Waals surface area contributed by atoms with Crippen LogP contribution in [0.2, 0.25) is 0 Å². The maximum Gasteiger partial charge on any atom is 0.239 e. The van der Waals surface area contributed by atoms with Gasteiger partial charge >= 0.3 is 0 Å². The van der Waals surface area contributed by atoms with Gasteiger partial charge in [0.15, 0.2) is 17.3 Å². The van der Waals surface area contributed by atoms with Gasteiger partial charge in [0.25, 0.3) is 0 Å². The van der Waals surface area contributed by atoms with Crippen molar-refractivity contribution < 1.29 is 79.2 Å². The third kappa shape index (κ3) is 5.98. The first-order valence-electron chi connectivity index (χ1n) is 13.6. The highest BCUT2D eigenvalue weighted by molar-refractivity contribution is 5.88. The molecule has 0 aliphatic carbocycles. The van der Waals surface area contributed by atoms with Crippen LogP contribution < -0.4 is 19.6 Å². The molecule has 0 amide bonds. The minimum atomic E-state index is -1.92. The summed E-state index contributed by atoms with van der Waals surface area (Å²) in [7, 11) is 1.30. The van der Waals surface area contributed by atoms with Gasteiger partial charge in [-0.1, -0.05) is 0 Å². The van der Waals surface area contributed by atoms with Crippen molar-refractivity contribution in [3.05, 3.63) is 40.6 Å². The Morgan fingerprint density at radius 1 is 0.733 bits per heavy atom. The van der Waals surface area contributed by atoms with Gasteiger partial charge in [0.05, 0.1) is 20.3 Å². The summed E-state index contributed by atoms with van der Waals surface area (Å²) in [6.45, 7) is -1.51. The van der Waals surface area contributed by atoms with Crippen LogP contribution in [0, 0.1) is 0 Å². The van der Waals surface area contributed by atoms with E-state index in [2.05, 4.69) is 0 Å². The lowest BCUT2D eigenvalue weighted by Crippen LogP contribution is -2.60. The minimum Gasteiger partial charge on any atom is -0.507 e. The number of phenols is 2. The van der Waals surface area contributed by atoms with Gasteiger partial charge in [0, 0.05) is 17.7 Å². The molecule has 3 aromatic rings. The molecule has 2 aliphatic heterocycles. The molecule has 10 unspecified atom stereocenters. The molecule has 10 atom stereocenters. The number of hydrogen-bond donors (Lipinski definition) is 10. The van der Waals surface area contributed by atoms with Crippen LogP contribution in [0.3, 0.4) is 0 Å². The lowest BCUT2D eigenvalue weighted by Gasteiger charge is -2.39. The number of aliphatic hydroxyl groups excluding tert-OH is 8. The van der Waals surface area contributed by atoms with Gasteiger partial charge in [-0.05, 0) is 18.2 Å². The Labute approximate surface area is 252 Å². The zero-order chi connectivity index (χ0) is 32.7. The van der Waals surface area contributed by atoms with Crippen molar-refractivity contribution in [3.8, 4) is 40.1 Å². The van der Waals surface area contributed by atoms with Crippen LogP contribution in [0.1, 0.15) is 0 Å². The van der Waals surface area contributed by atoms with E-state index in [-0.39, 0.29) is 34.2 Å². The first kappa shape index (κ1) is 32.6. The van der Waals surface area contributed by atoms with E-state index < -0.39 is 96.9 Å². The van der Waals surface area contributed by atoms with Crippen LogP contribution in [-0.2, 0) is 9.47 Å². The fourth-order valence-electron chi connectivity index (χ4n) is 5.03. The largest absolute Gasteiger partial charge is 0.507 e. The molecule has 17 nitrogen and oxygen atoms in total. The smallest absolute Gasteiger partial charge is 0.239 e. The Morgan fingerprint density at radius 2 is 1.31 bits per heavy atom. The Balaban J connectivity index is 1.61. The van der Waals surface area contributed by atoms with Crippen molar-refractivity contribution in [2.45, 2.75) is 61.4 Å². The van der Waals surface area contributed by atoms with E-state index in [1.807, 2.05) is 0 Å². The van der Waals surface area contributed by atoms with Gasteiger partial charge in [-0.25, -0.2) is 0 Å². The zero-order valence-corrected chi connectivity index (χ0v) is 23.4. The summed E-state index contributed by atoms with van der Waals surface area (Å²) in [5, 5.41) is 101. The standard InChI is InChI=1S/C28H32O17/c1-40-13-3-2-9(4-11(13)31)25-26(45-28-24(39)22(37)19(34)16(8-30)44-28)20(35)17-12(32)5-10(6-14(17)42-25)41-27-23(38)21(36)18(33)15(7-29)43-27/h2-6,15-16,18-19,21-24,27-34,36-39H,7-8H2,1H3. The van der Waals surface area contributed by atoms with Crippen LogP contribution in [0.15, 0.2) is 39.5 Å². The number of aliphatic hydroxyl groups is 8. The topological polar surface area (TPSA) is 279 Å². The Kier molecular flexibility index (Phi) is 9.38. The molecule has 0 bridgehead atoms. The molecule has 246 valence electrons. The van der Waals surface area contributed by atoms with Crippen LogP contribution in [0.4, 0.5) is 0 Å². The maximum atomic E-state index is 13.8. The lowest BCUT2D eigenvalue weighted by molar-refractivity contribution is -0.277. The van der Waals surface area contributed by atoms with E-state index in [9.17, 15) is 55.9 Å². The number of phenolic OH excluding ortho intramolecular Hbond substituents is 2. The van der Waals surface area contributed by atoms with Gasteiger partial charge in [0.1, 0.15) is 71.3 Å². The molecule has 5 rings (SSSR count). The van der Waals surface area contributed by atoms with Gasteiger partial charge in [-0.3, -0.25) is 4.79 Å². The predicted octanol–water partition coefficient (Wildman–Crippen LogP) is -2.76. The minimum absolute atomic E-state index is 0.0200. The van der Waals surface area contributed by atoms with E-state index in [0.717, 1.165) is 18.2 Å². The highest BCUT2D eigenvalue weighted by atomic mass is 16.7. The Bertz CT molecular complexity index is 1570. The number of benzene rings is 2. The molecule has 1 aromatic heterocycles. The van der Waals surface area contributed by atoms with Gasteiger partial charge in [-0.15, -0.1) is 0 Å². The van der Waals surface area contributed by atoms with Gasteiger partial charge in [0.2, 0.25) is 23.8 Å². The van der Waals surface area contributed by atoms with Crippen LogP contribution in [0.25, 0.3) is 22.3 Å². The molecule has 0 saturated carbocycles. The average molecular weight is 641 g/mol. The van der Waals surface area contributed by atoms with Crippen molar-refractivity contribution in [2.75, 3.05) is 20.3 Å². The molecule has 10 N–H and O–H groups in total. The van der Waals surface area contributed by atoms with E-state index >= 15 is 0 Å². The summed E-state index contributed by atoms with van der Waals surface area (Å²) in [4.78, 5) is 13.8. The molecule has 2 saturated heterocycles. The second-order valence-corrected chi connectivity index (χ2v) is 10.4. The number of rotatable bonds is 8. The molecule has 2 fully saturated rings. The molecular formula is C28H32O17. The summed E-state index contributed by atoms with van der Waals surface area (Å²) >= 11 is 0. The molecule has 3 heterocycles. The summed E-state index contributed by atoms with van der Waals surface area (Å²) in [6.07, 6.45) is -16.8. The Morgan fingerprint density at radius 3 is 1.84 bits per heavy atom. The molecular weight excluding hydrogens is 608 g/mol. The monoisotopic (exact) mass is 640 g/mol. The van der Waals surface area contributed by atoms with Crippen molar-refractivity contribution in [1.29, 1.82) is 0 Å². The highest BCUT2D eigenvalue weighted by Gasteiger charge is 2.46. The average Bonchev–Trinajstić information content (AvgIpc) is 3.02. The number of ether oxygens (including phenoxy) is 5. The molecule has 0 spiro atoms. The van der Waals surface area contributed by atoms with Crippen molar-refractivity contribution in [2.24, 2.45) is 0 Å². The van der Waals surface area contributed by atoms with E-state index in [4.69, 9.17) is 28.1 Å². The van der Waals surface area contributed by atoms with Crippen LogP contribution in [0.5, 0.6) is 28.7 Å². The fourth-order valence-corrected chi connectivity index (χ4v) is 5.03. The number of aromatic hydroxyl groups is 2. The normalized spacial score (nSPS) is 31.9. The second-order valence-electron chi connectivity index (χ2n) is 10.4. The first-order chi connectivity index (χ1) is 21.4. The zero-order valence-electron chi connectivity index (χ0n) is 23.4. The summed E-state index contributed by atoms with van der Waals surface area (Å²) < 4.78 is 32.9. The summed E-state index contributed by atoms with van der Waals surface area (Å²) in [5.74, 6) is -2.35. The maximum absolute atomic E-state index is 13.8. The van der Waals surface area contributed by atoms with E-state index in [1.54, 1.807) is 0 Å². The predicted molar refractivity (Wildman–Crippen MR) is 147 cm³/mol.